The van der Waals surface area contributed by atoms with E-state index >= 15 is 0 Å². The SMILES string of the molecule is NCc1cn[nH]c1S(=O)(=O)Nc1ccsc1. The first-order valence-corrected chi connectivity index (χ1v) is 6.83. The smallest absolute Gasteiger partial charge is 0.279 e. The Hall–Kier alpha value is -1.38. The Morgan fingerprint density at radius 1 is 1.56 bits per heavy atom. The zero-order valence-electron chi connectivity index (χ0n) is 8.17. The van der Waals surface area contributed by atoms with Crippen LogP contribution in [0.5, 0.6) is 0 Å². The van der Waals surface area contributed by atoms with Crippen LogP contribution < -0.4 is 10.5 Å². The van der Waals surface area contributed by atoms with Gasteiger partial charge in [0.25, 0.3) is 10.0 Å². The lowest BCUT2D eigenvalue weighted by Crippen LogP contribution is -2.15. The number of anilines is 1. The standard InChI is InChI=1S/C8H10N4O2S2/c9-3-6-4-10-11-8(6)16(13,14)12-7-1-2-15-5-7/h1-2,4-5,12H,3,9H2,(H,10,11). The Balaban J connectivity index is 2.33. The molecule has 0 atom stereocenters. The van der Waals surface area contributed by atoms with Gasteiger partial charge < -0.3 is 5.73 Å². The lowest BCUT2D eigenvalue weighted by molar-refractivity contribution is 0.596. The summed E-state index contributed by atoms with van der Waals surface area (Å²) in [6.07, 6.45) is 1.40. The van der Waals surface area contributed by atoms with Gasteiger partial charge in [0.15, 0.2) is 5.03 Å². The van der Waals surface area contributed by atoms with Crippen LogP contribution >= 0.6 is 11.3 Å². The van der Waals surface area contributed by atoms with Crippen molar-refractivity contribution in [1.29, 1.82) is 0 Å². The number of H-pyrrole nitrogens is 1. The first-order chi connectivity index (χ1) is 7.63. The molecule has 0 aromatic carbocycles. The first kappa shape index (κ1) is 11.1. The fourth-order valence-corrected chi connectivity index (χ4v) is 3.06. The number of nitrogens with one attached hydrogen (secondary N) is 2. The molecule has 0 aliphatic heterocycles. The largest absolute Gasteiger partial charge is 0.326 e. The molecular weight excluding hydrogens is 248 g/mol. The first-order valence-electron chi connectivity index (χ1n) is 4.41. The van der Waals surface area contributed by atoms with E-state index < -0.39 is 10.0 Å². The van der Waals surface area contributed by atoms with E-state index in [2.05, 4.69) is 14.9 Å². The highest BCUT2D eigenvalue weighted by atomic mass is 32.2. The number of sulfonamides is 1. The van der Waals surface area contributed by atoms with Crippen LogP contribution in [0.4, 0.5) is 5.69 Å². The average molecular weight is 258 g/mol. The predicted octanol–water partition coefficient (Wildman–Crippen LogP) is 0.731. The number of aromatic nitrogens is 2. The van der Waals surface area contributed by atoms with E-state index in [0.29, 0.717) is 11.3 Å². The summed E-state index contributed by atoms with van der Waals surface area (Å²) in [5, 5.41) is 9.61. The highest BCUT2D eigenvalue weighted by Crippen LogP contribution is 2.18. The van der Waals surface area contributed by atoms with E-state index in [1.54, 1.807) is 16.8 Å². The average Bonchev–Trinajstić information content (AvgIpc) is 2.85. The van der Waals surface area contributed by atoms with Crippen molar-refractivity contribution >= 4 is 27.0 Å². The van der Waals surface area contributed by atoms with Crippen molar-refractivity contribution in [3.05, 3.63) is 28.6 Å². The third kappa shape index (κ3) is 2.08. The summed E-state index contributed by atoms with van der Waals surface area (Å²) >= 11 is 1.41. The van der Waals surface area contributed by atoms with Crippen molar-refractivity contribution in [3.63, 3.8) is 0 Å². The third-order valence-electron chi connectivity index (χ3n) is 1.94. The van der Waals surface area contributed by atoms with Gasteiger partial charge >= 0.3 is 0 Å². The predicted molar refractivity (Wildman–Crippen MR) is 61.6 cm³/mol. The molecule has 0 unspecified atom stereocenters. The molecule has 0 saturated heterocycles. The normalized spacial score (nSPS) is 11.6. The number of rotatable bonds is 4. The van der Waals surface area contributed by atoms with E-state index in [0.717, 1.165) is 0 Å². The van der Waals surface area contributed by atoms with Crippen molar-refractivity contribution in [2.45, 2.75) is 11.6 Å². The number of hydrogen-bond donors (Lipinski definition) is 3. The maximum absolute atomic E-state index is 11.9. The molecule has 4 N–H and O–H groups in total. The van der Waals surface area contributed by atoms with E-state index in [4.69, 9.17) is 5.73 Å². The molecule has 16 heavy (non-hydrogen) atoms. The molecule has 86 valence electrons. The van der Waals surface area contributed by atoms with Crippen LogP contribution in [0.25, 0.3) is 0 Å². The maximum Gasteiger partial charge on any atom is 0.279 e. The molecule has 2 rings (SSSR count). The molecule has 2 aromatic rings. The van der Waals surface area contributed by atoms with Gasteiger partial charge in [0.1, 0.15) is 0 Å². The van der Waals surface area contributed by atoms with Crippen LogP contribution in [-0.2, 0) is 16.6 Å². The van der Waals surface area contributed by atoms with Gasteiger partial charge in [-0.05, 0) is 11.4 Å². The Bertz CT molecular complexity index is 559. The lowest BCUT2D eigenvalue weighted by atomic mass is 10.4. The van der Waals surface area contributed by atoms with Gasteiger partial charge in [-0.15, -0.1) is 0 Å². The van der Waals surface area contributed by atoms with Gasteiger partial charge in [0.05, 0.1) is 11.9 Å². The summed E-state index contributed by atoms with van der Waals surface area (Å²) in [7, 11) is -3.62. The molecule has 6 nitrogen and oxygen atoms in total. The second kappa shape index (κ2) is 4.24. The highest BCUT2D eigenvalue weighted by Gasteiger charge is 2.20. The third-order valence-corrected chi connectivity index (χ3v) is 4.02. The van der Waals surface area contributed by atoms with Gasteiger partial charge in [0, 0.05) is 17.5 Å². The highest BCUT2D eigenvalue weighted by molar-refractivity contribution is 7.92. The van der Waals surface area contributed by atoms with Gasteiger partial charge in [-0.1, -0.05) is 0 Å². The van der Waals surface area contributed by atoms with Gasteiger partial charge in [-0.25, -0.2) is 0 Å². The fourth-order valence-electron chi connectivity index (χ4n) is 1.21. The van der Waals surface area contributed by atoms with Crippen LogP contribution in [0.15, 0.2) is 28.0 Å². The Morgan fingerprint density at radius 2 is 2.38 bits per heavy atom. The van der Waals surface area contributed by atoms with Crippen molar-refractivity contribution in [2.24, 2.45) is 5.73 Å². The van der Waals surface area contributed by atoms with E-state index in [9.17, 15) is 8.42 Å². The summed E-state index contributed by atoms with van der Waals surface area (Å²) in [5.41, 5.74) is 6.41. The molecule has 2 heterocycles. The minimum absolute atomic E-state index is 0.0150. The van der Waals surface area contributed by atoms with E-state index in [1.807, 2.05) is 0 Å². The van der Waals surface area contributed by atoms with Crippen molar-refractivity contribution in [3.8, 4) is 0 Å². The second-order valence-electron chi connectivity index (χ2n) is 3.05. The van der Waals surface area contributed by atoms with Crippen LogP contribution in [0.1, 0.15) is 5.56 Å². The van der Waals surface area contributed by atoms with Gasteiger partial charge in [0.2, 0.25) is 0 Å². The summed E-state index contributed by atoms with van der Waals surface area (Å²) in [6.45, 7) is 0.121. The molecule has 0 fully saturated rings. The topological polar surface area (TPSA) is 101 Å². The number of nitrogens with zero attached hydrogens (tertiary/aromatic N) is 1. The molecule has 0 aliphatic carbocycles. The zero-order valence-corrected chi connectivity index (χ0v) is 9.81. The summed E-state index contributed by atoms with van der Waals surface area (Å²) < 4.78 is 26.2. The molecule has 0 spiro atoms. The molecule has 0 aliphatic rings. The maximum atomic E-state index is 11.9. The Kier molecular flexibility index (Phi) is 2.95. The number of hydrogen-bond acceptors (Lipinski definition) is 5. The number of nitrogens with two attached hydrogens (primary N) is 1. The molecule has 0 saturated carbocycles. The molecule has 2 aromatic heterocycles. The van der Waals surface area contributed by atoms with Crippen LogP contribution in [0.2, 0.25) is 0 Å². The van der Waals surface area contributed by atoms with E-state index in [-0.39, 0.29) is 11.6 Å². The Morgan fingerprint density at radius 3 is 3.00 bits per heavy atom. The summed E-state index contributed by atoms with van der Waals surface area (Å²) in [5.74, 6) is 0. The molecule has 0 bridgehead atoms. The molecule has 0 radical (unpaired) electrons. The Labute approximate surface area is 96.5 Å². The summed E-state index contributed by atoms with van der Waals surface area (Å²) in [6, 6.07) is 1.68. The van der Waals surface area contributed by atoms with Gasteiger partial charge in [-0.2, -0.15) is 24.9 Å². The lowest BCUT2D eigenvalue weighted by Gasteiger charge is -2.05. The molecule has 0 amide bonds. The van der Waals surface area contributed by atoms with Crippen LogP contribution in [-0.4, -0.2) is 18.6 Å². The van der Waals surface area contributed by atoms with Crippen molar-refractivity contribution in [1.82, 2.24) is 10.2 Å². The van der Waals surface area contributed by atoms with Crippen LogP contribution in [0.3, 0.4) is 0 Å². The second-order valence-corrected chi connectivity index (χ2v) is 5.45. The minimum atomic E-state index is -3.62. The van der Waals surface area contributed by atoms with Crippen molar-refractivity contribution < 1.29 is 8.42 Å². The quantitative estimate of drug-likeness (QED) is 0.752. The number of aromatic amines is 1. The molecule has 8 heteroatoms. The monoisotopic (exact) mass is 258 g/mol. The molecular formula is C8H10N4O2S2. The fraction of sp³-hybridized carbons (Fsp3) is 0.125. The van der Waals surface area contributed by atoms with Crippen LogP contribution in [0, 0.1) is 0 Å². The number of thiophene rings is 1. The summed E-state index contributed by atoms with van der Waals surface area (Å²) in [4.78, 5) is 0. The van der Waals surface area contributed by atoms with E-state index in [1.165, 1.54) is 17.5 Å². The minimum Gasteiger partial charge on any atom is -0.326 e. The zero-order chi connectivity index (χ0) is 11.6. The van der Waals surface area contributed by atoms with Gasteiger partial charge in [-0.3, -0.25) is 9.82 Å². The van der Waals surface area contributed by atoms with Crippen molar-refractivity contribution in [2.75, 3.05) is 4.72 Å².